The van der Waals surface area contributed by atoms with Gasteiger partial charge in [-0.1, -0.05) is 97.1 Å². The van der Waals surface area contributed by atoms with E-state index in [1.807, 2.05) is 83.5 Å². The number of likely N-dealkylation sites (tertiary alicyclic amines) is 1. The fourth-order valence-corrected chi connectivity index (χ4v) is 11.0. The van der Waals surface area contributed by atoms with Crippen LogP contribution in [-0.4, -0.2) is 83.8 Å². The number of likely N-dealkylation sites (N-methyl/N-ethyl adjacent to an activating group) is 1. The van der Waals surface area contributed by atoms with E-state index in [1.54, 1.807) is 32.4 Å². The summed E-state index contributed by atoms with van der Waals surface area (Å²) in [5.74, 6) is -0.338. The van der Waals surface area contributed by atoms with Crippen LogP contribution in [0.2, 0.25) is 0 Å². The lowest BCUT2D eigenvalue weighted by Gasteiger charge is -2.36. The van der Waals surface area contributed by atoms with Gasteiger partial charge in [0, 0.05) is 63.0 Å². The van der Waals surface area contributed by atoms with Crippen LogP contribution in [0.4, 0.5) is 4.39 Å². The molecule has 5 aromatic carbocycles. The fourth-order valence-electron chi connectivity index (χ4n) is 8.27. The van der Waals surface area contributed by atoms with Crippen LogP contribution in [0, 0.1) is 5.82 Å². The lowest BCUT2D eigenvalue weighted by molar-refractivity contribution is 0.108. The van der Waals surface area contributed by atoms with Crippen molar-refractivity contribution in [3.8, 4) is 33.0 Å². The minimum Gasteiger partial charge on any atom is -0.380 e. The number of nitrogens with zero attached hydrogens (tertiary/aromatic N) is 6. The van der Waals surface area contributed by atoms with Crippen LogP contribution in [0.15, 0.2) is 162 Å². The van der Waals surface area contributed by atoms with Crippen molar-refractivity contribution in [1.29, 1.82) is 0 Å². The van der Waals surface area contributed by atoms with Gasteiger partial charge in [-0.3, -0.25) is 9.58 Å². The lowest BCUT2D eigenvalue weighted by Crippen LogP contribution is -2.38. The highest BCUT2D eigenvalue weighted by atomic mass is 32.2. The third-order valence-electron chi connectivity index (χ3n) is 11.5. The molecule has 0 amide bonds. The van der Waals surface area contributed by atoms with Gasteiger partial charge in [0.15, 0.2) is 0 Å². The molecule has 60 heavy (non-hydrogen) atoms. The van der Waals surface area contributed by atoms with E-state index in [1.165, 1.54) is 34.1 Å². The van der Waals surface area contributed by atoms with Gasteiger partial charge in [0.1, 0.15) is 27.6 Å². The van der Waals surface area contributed by atoms with E-state index >= 15 is 0 Å². The maximum absolute atomic E-state index is 14.4. The van der Waals surface area contributed by atoms with Gasteiger partial charge in [-0.25, -0.2) is 22.8 Å². The minimum atomic E-state index is -3.75. The number of hydrogen-bond acceptors (Lipinski definition) is 8. The normalized spacial score (nSPS) is 15.0. The molecule has 0 bridgehead atoms. The Labute approximate surface area is 353 Å². The average molecular weight is 835 g/mol. The standard InChI is InChI=1S/C48H43FN6O3S2/c1-53(28-29-54-27-26-40(31-54)58-2)60(56,57)45-25-24-44(59-45)47-41-30-35(20-23-43(41)50-33-51-47)42-32-55(52-46(42)34-18-21-39(49)22-19-34)48(36-12-6-3-7-13-36,37-14-8-4-9-15-37)38-16-10-5-11-17-38/h3-25,30,32-33,40H,26-29,31H2,1-2H3. The van der Waals surface area contributed by atoms with Gasteiger partial charge >= 0.3 is 0 Å². The number of ether oxygens (including phenoxy) is 1. The minimum absolute atomic E-state index is 0.187. The second-order valence-electron chi connectivity index (χ2n) is 15.0. The number of sulfonamides is 1. The van der Waals surface area contributed by atoms with E-state index < -0.39 is 15.6 Å². The number of benzene rings is 5. The number of fused-ring (bicyclic) bond motifs is 1. The third kappa shape index (κ3) is 7.35. The molecule has 9 nitrogen and oxygen atoms in total. The lowest BCUT2D eigenvalue weighted by atomic mass is 9.77. The van der Waals surface area contributed by atoms with Crippen molar-refractivity contribution in [3.05, 3.63) is 181 Å². The average Bonchev–Trinajstić information content (AvgIpc) is 4.09. The molecular weight excluding hydrogens is 792 g/mol. The second-order valence-corrected chi connectivity index (χ2v) is 18.4. The van der Waals surface area contributed by atoms with Crippen LogP contribution in [0.5, 0.6) is 0 Å². The summed E-state index contributed by atoms with van der Waals surface area (Å²) in [5.41, 5.74) is 6.56. The summed E-state index contributed by atoms with van der Waals surface area (Å²) in [6.07, 6.45) is 4.71. The smallest absolute Gasteiger partial charge is 0.252 e. The molecular formula is C48H43FN6O3S2. The maximum atomic E-state index is 14.4. The van der Waals surface area contributed by atoms with Crippen molar-refractivity contribution in [2.45, 2.75) is 22.3 Å². The Kier molecular flexibility index (Phi) is 11.0. The van der Waals surface area contributed by atoms with Gasteiger partial charge in [-0.2, -0.15) is 9.40 Å². The topological polar surface area (TPSA) is 93.5 Å². The van der Waals surface area contributed by atoms with Gasteiger partial charge < -0.3 is 4.74 Å². The molecule has 1 unspecified atom stereocenters. The molecule has 1 atom stereocenters. The number of aromatic nitrogens is 4. The van der Waals surface area contributed by atoms with Crippen LogP contribution in [0.3, 0.4) is 0 Å². The first-order valence-electron chi connectivity index (χ1n) is 19.8. The van der Waals surface area contributed by atoms with Gasteiger partial charge in [-0.15, -0.1) is 11.3 Å². The van der Waals surface area contributed by atoms with E-state index in [9.17, 15) is 12.8 Å². The Morgan fingerprint density at radius 3 is 2.05 bits per heavy atom. The van der Waals surface area contributed by atoms with Crippen LogP contribution in [-0.2, 0) is 20.3 Å². The first-order valence-corrected chi connectivity index (χ1v) is 22.1. The van der Waals surface area contributed by atoms with Crippen LogP contribution < -0.4 is 0 Å². The largest absolute Gasteiger partial charge is 0.380 e. The molecule has 1 fully saturated rings. The molecule has 1 aliphatic rings. The Balaban J connectivity index is 1.16. The summed E-state index contributed by atoms with van der Waals surface area (Å²) in [6, 6.07) is 46.9. The molecule has 0 spiro atoms. The molecule has 1 aliphatic heterocycles. The quantitative estimate of drug-likeness (QED) is 0.107. The summed E-state index contributed by atoms with van der Waals surface area (Å²) in [5, 5.41) is 6.19. The van der Waals surface area contributed by atoms with Gasteiger partial charge in [0.25, 0.3) is 10.0 Å². The highest BCUT2D eigenvalue weighted by molar-refractivity contribution is 7.91. The molecule has 4 heterocycles. The first kappa shape index (κ1) is 39.6. The highest BCUT2D eigenvalue weighted by Crippen LogP contribution is 2.44. The van der Waals surface area contributed by atoms with E-state index in [0.29, 0.717) is 34.9 Å². The van der Waals surface area contributed by atoms with Crippen molar-refractivity contribution in [1.82, 2.24) is 29.0 Å². The zero-order valence-electron chi connectivity index (χ0n) is 33.2. The zero-order chi connectivity index (χ0) is 41.3. The molecule has 3 aromatic heterocycles. The van der Waals surface area contributed by atoms with E-state index in [-0.39, 0.29) is 16.1 Å². The molecule has 0 radical (unpaired) electrons. The first-order chi connectivity index (χ1) is 29.2. The molecule has 8 aromatic rings. The van der Waals surface area contributed by atoms with Crippen molar-refractivity contribution < 1.29 is 17.5 Å². The number of hydrogen-bond donors (Lipinski definition) is 0. The molecule has 1 saturated heterocycles. The van der Waals surface area contributed by atoms with Gasteiger partial charge in [0.05, 0.1) is 22.2 Å². The monoisotopic (exact) mass is 834 g/mol. The Morgan fingerprint density at radius 2 is 1.43 bits per heavy atom. The van der Waals surface area contributed by atoms with Crippen molar-refractivity contribution in [2.24, 2.45) is 0 Å². The van der Waals surface area contributed by atoms with Gasteiger partial charge in [-0.05, 0) is 77.2 Å². The molecule has 0 saturated carbocycles. The molecule has 12 heteroatoms. The third-order valence-corrected chi connectivity index (χ3v) is 14.9. The Hall–Kier alpha value is -5.89. The number of halogens is 1. The fraction of sp³-hybridized carbons (Fsp3) is 0.188. The predicted molar refractivity (Wildman–Crippen MR) is 236 cm³/mol. The number of thiophene rings is 1. The van der Waals surface area contributed by atoms with Crippen molar-refractivity contribution >= 4 is 32.3 Å². The Morgan fingerprint density at radius 1 is 0.800 bits per heavy atom. The summed E-state index contributed by atoms with van der Waals surface area (Å²) in [7, 11) is -0.400. The number of methoxy groups -OCH3 is 1. The predicted octanol–water partition coefficient (Wildman–Crippen LogP) is 9.21. The molecule has 9 rings (SSSR count). The zero-order valence-corrected chi connectivity index (χ0v) is 34.9. The maximum Gasteiger partial charge on any atom is 0.252 e. The summed E-state index contributed by atoms with van der Waals surface area (Å²) >= 11 is 1.20. The summed E-state index contributed by atoms with van der Waals surface area (Å²) in [6.45, 7) is 2.69. The Bertz CT molecular complexity index is 2760. The van der Waals surface area contributed by atoms with E-state index in [4.69, 9.17) is 14.8 Å². The van der Waals surface area contributed by atoms with E-state index in [0.717, 1.165) is 58.3 Å². The second kappa shape index (κ2) is 16.6. The summed E-state index contributed by atoms with van der Waals surface area (Å²) in [4.78, 5) is 12.3. The van der Waals surface area contributed by atoms with Crippen molar-refractivity contribution in [2.75, 3.05) is 40.3 Å². The van der Waals surface area contributed by atoms with E-state index in [2.05, 4.69) is 52.5 Å². The van der Waals surface area contributed by atoms with Crippen LogP contribution in [0.25, 0.3) is 43.9 Å². The molecule has 302 valence electrons. The van der Waals surface area contributed by atoms with Crippen molar-refractivity contribution in [3.63, 3.8) is 0 Å². The molecule has 0 aliphatic carbocycles. The van der Waals surface area contributed by atoms with Crippen LogP contribution in [0.1, 0.15) is 23.1 Å². The molecule has 0 N–H and O–H groups in total. The van der Waals surface area contributed by atoms with Crippen LogP contribution >= 0.6 is 11.3 Å². The SMILES string of the molecule is COC1CCN(CCN(C)S(=O)(=O)c2ccc(-c3ncnc4ccc(-c5cn(C(c6ccccc6)(c6ccccc6)c6ccccc6)nc5-c5ccc(F)cc5)cc34)s2)C1. The number of rotatable bonds is 13. The van der Waals surface area contributed by atoms with Gasteiger partial charge in [0.2, 0.25) is 0 Å². The highest BCUT2D eigenvalue weighted by Gasteiger charge is 2.40. The summed E-state index contributed by atoms with van der Waals surface area (Å²) < 4.78 is 51.2.